The summed E-state index contributed by atoms with van der Waals surface area (Å²) in [6.07, 6.45) is 4.64. The Morgan fingerprint density at radius 1 is 1.21 bits per heavy atom. The van der Waals surface area contributed by atoms with Gasteiger partial charge in [0.25, 0.3) is 5.91 Å². The van der Waals surface area contributed by atoms with Gasteiger partial charge >= 0.3 is 6.01 Å². The standard InChI is InChI=1S/C18H21BrN4O4S/c1-22(2)28(25,26)16-7-5-13(6-8-16)17(24)23-9-3-4-15(12-23)27-18-20-10-14(19)11-21-18/h5-8,10-11,15H,3-4,9,12H2,1-2H3. The number of aromatic nitrogens is 2. The van der Waals surface area contributed by atoms with E-state index < -0.39 is 10.0 Å². The van der Waals surface area contributed by atoms with Crippen molar-refractivity contribution in [1.82, 2.24) is 19.2 Å². The monoisotopic (exact) mass is 468 g/mol. The second-order valence-electron chi connectivity index (χ2n) is 6.63. The van der Waals surface area contributed by atoms with Gasteiger partial charge < -0.3 is 9.64 Å². The molecule has 28 heavy (non-hydrogen) atoms. The summed E-state index contributed by atoms with van der Waals surface area (Å²) in [5.74, 6) is -0.154. The molecule has 3 rings (SSSR count). The fraction of sp³-hybridized carbons (Fsp3) is 0.389. The number of nitrogens with zero attached hydrogens (tertiary/aromatic N) is 4. The Morgan fingerprint density at radius 2 is 1.86 bits per heavy atom. The van der Waals surface area contributed by atoms with Crippen molar-refractivity contribution in [3.63, 3.8) is 0 Å². The van der Waals surface area contributed by atoms with Gasteiger partial charge in [-0.2, -0.15) is 0 Å². The molecule has 8 nitrogen and oxygen atoms in total. The Kier molecular flexibility index (Phi) is 6.31. The summed E-state index contributed by atoms with van der Waals surface area (Å²) in [5, 5.41) is 0. The number of hydrogen-bond donors (Lipinski definition) is 0. The molecule has 1 amide bonds. The molecule has 0 saturated carbocycles. The summed E-state index contributed by atoms with van der Waals surface area (Å²) in [6, 6.07) is 6.27. The van der Waals surface area contributed by atoms with Crippen LogP contribution in [-0.2, 0) is 10.0 Å². The highest BCUT2D eigenvalue weighted by Gasteiger charge is 2.27. The highest BCUT2D eigenvalue weighted by atomic mass is 79.9. The largest absolute Gasteiger partial charge is 0.458 e. The van der Waals surface area contributed by atoms with Crippen LogP contribution in [0.25, 0.3) is 0 Å². The van der Waals surface area contributed by atoms with Gasteiger partial charge in [0.1, 0.15) is 6.10 Å². The molecule has 0 N–H and O–H groups in total. The molecule has 0 radical (unpaired) electrons. The van der Waals surface area contributed by atoms with Crippen LogP contribution in [0.3, 0.4) is 0 Å². The van der Waals surface area contributed by atoms with Gasteiger partial charge in [0.2, 0.25) is 10.0 Å². The molecule has 10 heteroatoms. The summed E-state index contributed by atoms with van der Waals surface area (Å²) in [5.41, 5.74) is 0.443. The lowest BCUT2D eigenvalue weighted by Crippen LogP contribution is -2.44. The van der Waals surface area contributed by atoms with E-state index in [0.717, 1.165) is 21.6 Å². The number of likely N-dealkylation sites (tertiary alicyclic amines) is 1. The predicted molar refractivity (Wildman–Crippen MR) is 107 cm³/mol. The van der Waals surface area contributed by atoms with Crippen LogP contribution in [0.1, 0.15) is 23.2 Å². The first-order valence-corrected chi connectivity index (χ1v) is 11.0. The molecule has 1 aliphatic heterocycles. The second kappa shape index (κ2) is 8.54. The first kappa shape index (κ1) is 20.7. The lowest BCUT2D eigenvalue weighted by Gasteiger charge is -2.32. The third-order valence-electron chi connectivity index (χ3n) is 4.41. The minimum absolute atomic E-state index is 0.154. The van der Waals surface area contributed by atoms with E-state index in [1.54, 1.807) is 29.4 Å². The van der Waals surface area contributed by atoms with Gasteiger partial charge in [-0.15, -0.1) is 0 Å². The lowest BCUT2D eigenvalue weighted by molar-refractivity contribution is 0.0515. The first-order valence-electron chi connectivity index (χ1n) is 8.73. The van der Waals surface area contributed by atoms with Crippen LogP contribution in [0.2, 0.25) is 0 Å². The zero-order valence-corrected chi connectivity index (χ0v) is 18.0. The average Bonchev–Trinajstić information content (AvgIpc) is 2.69. The van der Waals surface area contributed by atoms with Crippen LogP contribution in [0, 0.1) is 0 Å². The molecule has 1 aromatic carbocycles. The van der Waals surface area contributed by atoms with Crippen molar-refractivity contribution in [2.24, 2.45) is 0 Å². The predicted octanol–water partition coefficient (Wildman–Crippen LogP) is 2.17. The number of carbonyl (C=O) groups is 1. The van der Waals surface area contributed by atoms with Gasteiger partial charge in [-0.25, -0.2) is 22.7 Å². The van der Waals surface area contributed by atoms with Crippen molar-refractivity contribution in [3.05, 3.63) is 46.7 Å². The van der Waals surface area contributed by atoms with Crippen LogP contribution < -0.4 is 4.74 Å². The quantitative estimate of drug-likeness (QED) is 0.667. The van der Waals surface area contributed by atoms with Crippen LogP contribution >= 0.6 is 15.9 Å². The van der Waals surface area contributed by atoms with Crippen molar-refractivity contribution >= 4 is 31.9 Å². The fourth-order valence-corrected chi connectivity index (χ4v) is 4.00. The zero-order chi connectivity index (χ0) is 20.3. The molecule has 0 bridgehead atoms. The minimum Gasteiger partial charge on any atom is -0.458 e. The summed E-state index contributed by atoms with van der Waals surface area (Å²) in [6.45, 7) is 1.05. The maximum absolute atomic E-state index is 12.8. The van der Waals surface area contributed by atoms with E-state index in [9.17, 15) is 13.2 Å². The van der Waals surface area contributed by atoms with Crippen molar-refractivity contribution in [2.45, 2.75) is 23.8 Å². The number of rotatable bonds is 5. The Bertz CT molecular complexity index is 933. The van der Waals surface area contributed by atoms with E-state index in [2.05, 4.69) is 25.9 Å². The maximum atomic E-state index is 12.8. The molecule has 2 heterocycles. The zero-order valence-electron chi connectivity index (χ0n) is 15.6. The number of carbonyl (C=O) groups excluding carboxylic acids is 1. The molecule has 2 aromatic rings. The highest BCUT2D eigenvalue weighted by molar-refractivity contribution is 9.10. The SMILES string of the molecule is CN(C)S(=O)(=O)c1ccc(C(=O)N2CCCC(Oc3ncc(Br)cn3)C2)cc1. The Balaban J connectivity index is 1.67. The Hall–Kier alpha value is -2.04. The molecule has 1 aliphatic rings. The smallest absolute Gasteiger partial charge is 0.316 e. The molecule has 0 spiro atoms. The Morgan fingerprint density at radius 3 is 2.46 bits per heavy atom. The summed E-state index contributed by atoms with van der Waals surface area (Å²) < 4.78 is 32.0. The van der Waals surface area contributed by atoms with Gasteiger partial charge in [0, 0.05) is 38.6 Å². The number of halogens is 1. The summed E-state index contributed by atoms with van der Waals surface area (Å²) in [4.78, 5) is 22.9. The number of amides is 1. The number of ether oxygens (including phenoxy) is 1. The van der Waals surface area contributed by atoms with Crippen LogP contribution in [0.15, 0.2) is 46.0 Å². The fourth-order valence-electron chi connectivity index (χ4n) is 2.89. The molecule has 1 saturated heterocycles. The van der Waals surface area contributed by atoms with E-state index in [1.165, 1.54) is 26.2 Å². The van der Waals surface area contributed by atoms with Crippen LogP contribution in [-0.4, -0.2) is 66.8 Å². The van der Waals surface area contributed by atoms with Crippen LogP contribution in [0.5, 0.6) is 6.01 Å². The van der Waals surface area contributed by atoms with Gasteiger partial charge in [-0.1, -0.05) is 0 Å². The molecule has 1 unspecified atom stereocenters. The molecule has 1 aromatic heterocycles. The molecular formula is C18H21BrN4O4S. The molecule has 1 fully saturated rings. The molecular weight excluding hydrogens is 448 g/mol. The van der Waals surface area contributed by atoms with E-state index in [0.29, 0.717) is 18.7 Å². The van der Waals surface area contributed by atoms with Gasteiger partial charge in [0.05, 0.1) is 15.9 Å². The molecule has 0 aliphatic carbocycles. The molecule has 1 atom stereocenters. The van der Waals surface area contributed by atoms with Gasteiger partial charge in [0.15, 0.2) is 0 Å². The van der Waals surface area contributed by atoms with Gasteiger partial charge in [-0.3, -0.25) is 4.79 Å². The van der Waals surface area contributed by atoms with Gasteiger partial charge in [-0.05, 0) is 53.0 Å². The number of piperidine rings is 1. The number of hydrogen-bond acceptors (Lipinski definition) is 6. The van der Waals surface area contributed by atoms with E-state index in [-0.39, 0.29) is 22.9 Å². The minimum atomic E-state index is -3.52. The normalized spacial score (nSPS) is 17.6. The third-order valence-corrected chi connectivity index (χ3v) is 6.65. The number of sulfonamides is 1. The second-order valence-corrected chi connectivity index (χ2v) is 9.70. The average molecular weight is 469 g/mol. The van der Waals surface area contributed by atoms with Crippen molar-refractivity contribution in [3.8, 4) is 6.01 Å². The Labute approximate surface area is 172 Å². The number of benzene rings is 1. The molecule has 150 valence electrons. The van der Waals surface area contributed by atoms with Crippen LogP contribution in [0.4, 0.5) is 0 Å². The third kappa shape index (κ3) is 4.68. The van der Waals surface area contributed by atoms with E-state index in [4.69, 9.17) is 4.74 Å². The van der Waals surface area contributed by atoms with Crippen molar-refractivity contribution < 1.29 is 17.9 Å². The van der Waals surface area contributed by atoms with E-state index >= 15 is 0 Å². The first-order chi connectivity index (χ1) is 13.3. The van der Waals surface area contributed by atoms with Crippen molar-refractivity contribution in [1.29, 1.82) is 0 Å². The van der Waals surface area contributed by atoms with Crippen molar-refractivity contribution in [2.75, 3.05) is 27.2 Å². The highest BCUT2D eigenvalue weighted by Crippen LogP contribution is 2.20. The summed E-state index contributed by atoms with van der Waals surface area (Å²) in [7, 11) is -0.580. The lowest BCUT2D eigenvalue weighted by atomic mass is 10.1. The topological polar surface area (TPSA) is 92.7 Å². The van der Waals surface area contributed by atoms with E-state index in [1.807, 2.05) is 0 Å². The maximum Gasteiger partial charge on any atom is 0.316 e. The summed E-state index contributed by atoms with van der Waals surface area (Å²) >= 11 is 3.28.